The van der Waals surface area contributed by atoms with Crippen molar-refractivity contribution in [3.05, 3.63) is 59.8 Å². The van der Waals surface area contributed by atoms with Crippen molar-refractivity contribution in [1.82, 2.24) is 10.6 Å². The molecule has 0 radical (unpaired) electrons. The standard InChI is InChI=1S/C15H15FN2O3/c1-10(19)18-14(13-7-4-8-21-13)15(20)17-9-11-5-2-3-6-12(11)16/h2-8,14H,9H2,1H3,(H,17,20)(H,18,19)/t14-/m1/s1. The van der Waals surface area contributed by atoms with Crippen LogP contribution < -0.4 is 10.6 Å². The fourth-order valence-electron chi connectivity index (χ4n) is 1.85. The SMILES string of the molecule is CC(=O)N[C@@H](C(=O)NCc1ccccc1F)c1ccco1. The number of rotatable bonds is 5. The first-order valence-corrected chi connectivity index (χ1v) is 6.39. The predicted molar refractivity (Wildman–Crippen MR) is 73.5 cm³/mol. The van der Waals surface area contributed by atoms with Gasteiger partial charge in [0.05, 0.1) is 6.26 Å². The van der Waals surface area contributed by atoms with Crippen LogP contribution in [0, 0.1) is 5.82 Å². The van der Waals surface area contributed by atoms with Crippen LogP contribution in [0.1, 0.15) is 24.3 Å². The maximum absolute atomic E-state index is 13.5. The summed E-state index contributed by atoms with van der Waals surface area (Å²) < 4.78 is 18.6. The Morgan fingerprint density at radius 3 is 2.62 bits per heavy atom. The van der Waals surface area contributed by atoms with Gasteiger partial charge in [0.1, 0.15) is 11.6 Å². The second-order valence-corrected chi connectivity index (χ2v) is 4.46. The smallest absolute Gasteiger partial charge is 0.250 e. The molecule has 1 aromatic heterocycles. The quantitative estimate of drug-likeness (QED) is 0.883. The van der Waals surface area contributed by atoms with E-state index in [1.54, 1.807) is 30.3 Å². The zero-order chi connectivity index (χ0) is 15.2. The lowest BCUT2D eigenvalue weighted by atomic mass is 10.1. The van der Waals surface area contributed by atoms with E-state index in [-0.39, 0.29) is 12.5 Å². The van der Waals surface area contributed by atoms with Crippen molar-refractivity contribution in [1.29, 1.82) is 0 Å². The monoisotopic (exact) mass is 290 g/mol. The number of hydrogen-bond donors (Lipinski definition) is 2. The summed E-state index contributed by atoms with van der Waals surface area (Å²) >= 11 is 0. The number of benzene rings is 1. The Morgan fingerprint density at radius 1 is 1.24 bits per heavy atom. The highest BCUT2D eigenvalue weighted by Gasteiger charge is 2.23. The first kappa shape index (κ1) is 14.8. The number of furan rings is 1. The Balaban J connectivity index is 2.05. The molecule has 2 aromatic rings. The van der Waals surface area contributed by atoms with E-state index < -0.39 is 17.8 Å². The van der Waals surface area contributed by atoms with Crippen LogP contribution in [0.4, 0.5) is 4.39 Å². The topological polar surface area (TPSA) is 71.3 Å². The molecular weight excluding hydrogens is 275 g/mol. The minimum atomic E-state index is -0.940. The molecule has 0 aliphatic carbocycles. The van der Waals surface area contributed by atoms with Gasteiger partial charge in [-0.1, -0.05) is 18.2 Å². The zero-order valence-corrected chi connectivity index (χ0v) is 11.4. The number of amides is 2. The molecule has 2 N–H and O–H groups in total. The molecule has 1 atom stereocenters. The van der Waals surface area contributed by atoms with E-state index in [0.717, 1.165) is 0 Å². The summed E-state index contributed by atoms with van der Waals surface area (Å²) in [5.41, 5.74) is 0.367. The third-order valence-corrected chi connectivity index (χ3v) is 2.85. The molecule has 0 saturated carbocycles. The van der Waals surface area contributed by atoms with Gasteiger partial charge in [-0.2, -0.15) is 0 Å². The van der Waals surface area contributed by atoms with Crippen LogP contribution in [-0.4, -0.2) is 11.8 Å². The molecule has 0 fully saturated rings. The van der Waals surface area contributed by atoms with Gasteiger partial charge in [0.25, 0.3) is 5.91 Å². The van der Waals surface area contributed by atoms with Gasteiger partial charge in [-0.25, -0.2) is 4.39 Å². The third kappa shape index (κ3) is 3.92. The van der Waals surface area contributed by atoms with Crippen molar-refractivity contribution in [3.8, 4) is 0 Å². The summed E-state index contributed by atoms with van der Waals surface area (Å²) in [6, 6.07) is 8.42. The Bertz CT molecular complexity index is 626. The lowest BCUT2D eigenvalue weighted by molar-refractivity contribution is -0.128. The molecule has 0 aliphatic rings. The average Bonchev–Trinajstić information content (AvgIpc) is 2.97. The van der Waals surface area contributed by atoms with E-state index in [0.29, 0.717) is 11.3 Å². The molecule has 2 rings (SSSR count). The van der Waals surface area contributed by atoms with E-state index in [1.165, 1.54) is 19.3 Å². The number of halogens is 1. The van der Waals surface area contributed by atoms with Gasteiger partial charge < -0.3 is 15.1 Å². The van der Waals surface area contributed by atoms with Crippen molar-refractivity contribution in [3.63, 3.8) is 0 Å². The second-order valence-electron chi connectivity index (χ2n) is 4.46. The maximum atomic E-state index is 13.5. The summed E-state index contributed by atoms with van der Waals surface area (Å²) in [7, 11) is 0. The summed E-state index contributed by atoms with van der Waals surface area (Å²) in [6.07, 6.45) is 1.41. The summed E-state index contributed by atoms with van der Waals surface area (Å²) in [5.74, 6) is -0.913. The minimum absolute atomic E-state index is 0.0301. The Hall–Kier alpha value is -2.63. The lowest BCUT2D eigenvalue weighted by Gasteiger charge is -2.15. The van der Waals surface area contributed by atoms with Gasteiger partial charge in [0.2, 0.25) is 5.91 Å². The zero-order valence-electron chi connectivity index (χ0n) is 11.4. The van der Waals surface area contributed by atoms with E-state index >= 15 is 0 Å². The maximum Gasteiger partial charge on any atom is 0.250 e. The molecule has 5 nitrogen and oxygen atoms in total. The van der Waals surface area contributed by atoms with Gasteiger partial charge >= 0.3 is 0 Å². The van der Waals surface area contributed by atoms with Gasteiger partial charge in [0.15, 0.2) is 6.04 Å². The summed E-state index contributed by atoms with van der Waals surface area (Å²) in [6.45, 7) is 1.34. The predicted octanol–water partition coefficient (Wildman–Crippen LogP) is 1.91. The first-order valence-electron chi connectivity index (χ1n) is 6.39. The van der Waals surface area contributed by atoms with E-state index in [9.17, 15) is 14.0 Å². The van der Waals surface area contributed by atoms with Crippen molar-refractivity contribution in [2.75, 3.05) is 0 Å². The molecule has 0 unspecified atom stereocenters. The Kier molecular flexibility index (Phi) is 4.71. The number of carbonyl (C=O) groups excluding carboxylic acids is 2. The van der Waals surface area contributed by atoms with Crippen LogP contribution in [0.15, 0.2) is 47.1 Å². The van der Waals surface area contributed by atoms with Crippen molar-refractivity contribution in [2.24, 2.45) is 0 Å². The second kappa shape index (κ2) is 6.69. The van der Waals surface area contributed by atoms with Crippen molar-refractivity contribution < 1.29 is 18.4 Å². The molecule has 1 heterocycles. The molecule has 21 heavy (non-hydrogen) atoms. The molecule has 0 spiro atoms. The van der Waals surface area contributed by atoms with Crippen LogP contribution in [0.5, 0.6) is 0 Å². The summed E-state index contributed by atoms with van der Waals surface area (Å²) in [5, 5.41) is 5.07. The normalized spacial score (nSPS) is 11.7. The fourth-order valence-corrected chi connectivity index (χ4v) is 1.85. The van der Waals surface area contributed by atoms with Crippen molar-refractivity contribution >= 4 is 11.8 Å². The number of carbonyl (C=O) groups is 2. The molecule has 0 bridgehead atoms. The van der Waals surface area contributed by atoms with Crippen molar-refractivity contribution in [2.45, 2.75) is 19.5 Å². The first-order chi connectivity index (χ1) is 10.1. The lowest BCUT2D eigenvalue weighted by Crippen LogP contribution is -2.39. The molecule has 6 heteroatoms. The van der Waals surface area contributed by atoms with Gasteiger partial charge in [0, 0.05) is 19.0 Å². The third-order valence-electron chi connectivity index (χ3n) is 2.85. The van der Waals surface area contributed by atoms with Crippen LogP contribution in [0.2, 0.25) is 0 Å². The molecular formula is C15H15FN2O3. The highest BCUT2D eigenvalue weighted by molar-refractivity contribution is 5.87. The van der Waals surface area contributed by atoms with Crippen LogP contribution in [-0.2, 0) is 16.1 Å². The molecule has 0 saturated heterocycles. The average molecular weight is 290 g/mol. The molecule has 2 amide bonds. The largest absolute Gasteiger partial charge is 0.467 e. The van der Waals surface area contributed by atoms with Crippen LogP contribution in [0.25, 0.3) is 0 Å². The highest BCUT2D eigenvalue weighted by atomic mass is 19.1. The fraction of sp³-hybridized carbons (Fsp3) is 0.200. The van der Waals surface area contributed by atoms with Gasteiger partial charge in [-0.05, 0) is 18.2 Å². The highest BCUT2D eigenvalue weighted by Crippen LogP contribution is 2.14. The van der Waals surface area contributed by atoms with E-state index in [2.05, 4.69) is 10.6 Å². The van der Waals surface area contributed by atoms with E-state index in [1.807, 2.05) is 0 Å². The number of hydrogen-bond acceptors (Lipinski definition) is 3. The molecule has 110 valence electrons. The summed E-state index contributed by atoms with van der Waals surface area (Å²) in [4.78, 5) is 23.3. The minimum Gasteiger partial charge on any atom is -0.467 e. The Labute approximate surface area is 121 Å². The van der Waals surface area contributed by atoms with Gasteiger partial charge in [-0.15, -0.1) is 0 Å². The van der Waals surface area contributed by atoms with Crippen LogP contribution >= 0.6 is 0 Å². The van der Waals surface area contributed by atoms with Gasteiger partial charge in [-0.3, -0.25) is 9.59 Å². The molecule has 0 aliphatic heterocycles. The Morgan fingerprint density at radius 2 is 2.00 bits per heavy atom. The number of nitrogens with one attached hydrogen (secondary N) is 2. The van der Waals surface area contributed by atoms with E-state index in [4.69, 9.17) is 4.42 Å². The molecule has 1 aromatic carbocycles. The van der Waals surface area contributed by atoms with Crippen LogP contribution in [0.3, 0.4) is 0 Å².